The fourth-order valence-electron chi connectivity index (χ4n) is 4.86. The van der Waals surface area contributed by atoms with Crippen molar-refractivity contribution in [1.82, 2.24) is 9.80 Å². The molecular weight excluding hydrogens is 453 g/mol. The van der Waals surface area contributed by atoms with Gasteiger partial charge in [-0.05, 0) is 49.7 Å². The lowest BCUT2D eigenvalue weighted by atomic mass is 9.92. The molecule has 4 rings (SSSR count). The highest BCUT2D eigenvalue weighted by Crippen LogP contribution is 2.35. The Labute approximate surface area is 205 Å². The predicted molar refractivity (Wildman–Crippen MR) is 132 cm³/mol. The molecule has 0 aromatic heterocycles. The van der Waals surface area contributed by atoms with Gasteiger partial charge in [0.2, 0.25) is 0 Å². The number of alkyl halides is 3. The number of benzene rings is 2. The number of anilines is 1. The molecule has 0 N–H and O–H groups in total. The molecule has 1 fully saturated rings. The minimum Gasteiger partial charge on any atom is -0.369 e. The Bertz CT molecular complexity index is 1040. The summed E-state index contributed by atoms with van der Waals surface area (Å²) in [5.41, 5.74) is 0.223. The van der Waals surface area contributed by atoms with Gasteiger partial charge in [-0.1, -0.05) is 44.2 Å². The van der Waals surface area contributed by atoms with Crippen LogP contribution in [0.15, 0.2) is 59.6 Å². The van der Waals surface area contributed by atoms with E-state index in [0.717, 1.165) is 68.4 Å². The van der Waals surface area contributed by atoms with Crippen LogP contribution in [0.1, 0.15) is 38.3 Å². The molecule has 0 saturated carbocycles. The first-order valence-electron chi connectivity index (χ1n) is 12.2. The third-order valence-corrected chi connectivity index (χ3v) is 6.92. The second kappa shape index (κ2) is 10.0. The Morgan fingerprint density at radius 1 is 0.943 bits per heavy atom. The zero-order valence-corrected chi connectivity index (χ0v) is 20.6. The van der Waals surface area contributed by atoms with Gasteiger partial charge in [-0.15, -0.1) is 0 Å². The molecule has 2 aromatic carbocycles. The van der Waals surface area contributed by atoms with Crippen LogP contribution in [0.3, 0.4) is 0 Å². The van der Waals surface area contributed by atoms with Crippen LogP contribution in [0, 0.1) is 5.92 Å². The summed E-state index contributed by atoms with van der Waals surface area (Å²) < 4.78 is 38.4. The summed E-state index contributed by atoms with van der Waals surface area (Å²) in [7, 11) is 0. The molecule has 2 heterocycles. The van der Waals surface area contributed by atoms with Gasteiger partial charge in [0.05, 0.1) is 5.56 Å². The smallest absolute Gasteiger partial charge is 0.369 e. The second-order valence-electron chi connectivity index (χ2n) is 9.75. The van der Waals surface area contributed by atoms with E-state index in [-0.39, 0.29) is 11.8 Å². The Balaban J connectivity index is 1.30. The van der Waals surface area contributed by atoms with Crippen LogP contribution in [-0.2, 0) is 16.5 Å². The monoisotopic (exact) mass is 486 g/mol. The topological polar surface area (TPSA) is 39.2 Å². The first-order chi connectivity index (χ1) is 16.6. The molecule has 0 radical (unpaired) electrons. The molecule has 188 valence electrons. The van der Waals surface area contributed by atoms with E-state index in [1.807, 2.05) is 42.2 Å². The lowest BCUT2D eigenvalue weighted by Crippen LogP contribution is -2.47. The summed E-state index contributed by atoms with van der Waals surface area (Å²) in [6, 6.07) is 15.1. The largest absolute Gasteiger partial charge is 0.416 e. The zero-order valence-electron chi connectivity index (χ0n) is 20.6. The third kappa shape index (κ3) is 5.37. The van der Waals surface area contributed by atoms with E-state index >= 15 is 0 Å². The number of hydrogen-bond acceptors (Lipinski definition) is 4. The standard InChI is InChI=1S/C27H33F3N4O/c1-20(2)24-31-26(3,21-8-5-4-6-9-21)25(35)34(24)15-7-14-32-16-18-33(19-17-32)23-12-10-22(11-13-23)27(28,29)30/h4-6,8-13,20H,7,14-19H2,1-3H3. The average Bonchev–Trinajstić information content (AvgIpc) is 3.11. The third-order valence-electron chi connectivity index (χ3n) is 6.92. The van der Waals surface area contributed by atoms with Gasteiger partial charge in [0.15, 0.2) is 5.54 Å². The van der Waals surface area contributed by atoms with Crippen molar-refractivity contribution in [1.29, 1.82) is 0 Å². The molecule has 1 unspecified atom stereocenters. The molecule has 1 amide bonds. The molecule has 2 aliphatic rings. The summed E-state index contributed by atoms with van der Waals surface area (Å²) in [4.78, 5) is 24.6. The minimum absolute atomic E-state index is 0.0273. The van der Waals surface area contributed by atoms with Gasteiger partial charge in [-0.2, -0.15) is 13.2 Å². The van der Waals surface area contributed by atoms with Gasteiger partial charge in [0.1, 0.15) is 5.84 Å². The number of aliphatic imine (C=N–C) groups is 1. The highest BCUT2D eigenvalue weighted by molar-refractivity contribution is 6.09. The highest BCUT2D eigenvalue weighted by atomic mass is 19.4. The number of rotatable bonds is 7. The molecular formula is C27H33F3N4O. The van der Waals surface area contributed by atoms with Crippen LogP contribution in [0.4, 0.5) is 18.9 Å². The number of carbonyl (C=O) groups excluding carboxylic acids is 1. The van der Waals surface area contributed by atoms with Crippen LogP contribution in [0.5, 0.6) is 0 Å². The number of hydrogen-bond donors (Lipinski definition) is 0. The van der Waals surface area contributed by atoms with Crippen molar-refractivity contribution < 1.29 is 18.0 Å². The Kier molecular flexibility index (Phi) is 7.22. The molecule has 2 aliphatic heterocycles. The molecule has 8 heteroatoms. The normalized spacial score (nSPS) is 21.7. The molecule has 0 bridgehead atoms. The van der Waals surface area contributed by atoms with Gasteiger partial charge < -0.3 is 4.90 Å². The summed E-state index contributed by atoms with van der Waals surface area (Å²) in [5, 5.41) is 0. The van der Waals surface area contributed by atoms with Crippen molar-refractivity contribution in [2.24, 2.45) is 10.9 Å². The van der Waals surface area contributed by atoms with E-state index < -0.39 is 17.3 Å². The first kappa shape index (κ1) is 25.2. The maximum absolute atomic E-state index is 13.4. The Hall–Kier alpha value is -2.87. The van der Waals surface area contributed by atoms with E-state index in [1.165, 1.54) is 0 Å². The van der Waals surface area contributed by atoms with Crippen LogP contribution >= 0.6 is 0 Å². The number of halogens is 3. The molecule has 0 spiro atoms. The van der Waals surface area contributed by atoms with Crippen LogP contribution < -0.4 is 4.90 Å². The van der Waals surface area contributed by atoms with Crippen molar-refractivity contribution in [3.05, 3.63) is 65.7 Å². The molecule has 0 aliphatic carbocycles. The van der Waals surface area contributed by atoms with Crippen molar-refractivity contribution in [3.63, 3.8) is 0 Å². The van der Waals surface area contributed by atoms with Crippen LogP contribution in [0.2, 0.25) is 0 Å². The summed E-state index contributed by atoms with van der Waals surface area (Å²) in [6.45, 7) is 10.7. The number of piperazine rings is 1. The lowest BCUT2D eigenvalue weighted by Gasteiger charge is -2.36. The van der Waals surface area contributed by atoms with Gasteiger partial charge in [-0.3, -0.25) is 19.6 Å². The number of carbonyl (C=O) groups is 1. The van der Waals surface area contributed by atoms with Crippen molar-refractivity contribution in [2.75, 3.05) is 44.2 Å². The minimum atomic E-state index is -4.31. The highest BCUT2D eigenvalue weighted by Gasteiger charge is 2.46. The van der Waals surface area contributed by atoms with E-state index in [2.05, 4.69) is 23.6 Å². The van der Waals surface area contributed by atoms with Gasteiger partial charge in [-0.25, -0.2) is 0 Å². The molecule has 35 heavy (non-hydrogen) atoms. The van der Waals surface area contributed by atoms with Crippen molar-refractivity contribution in [3.8, 4) is 0 Å². The van der Waals surface area contributed by atoms with Gasteiger partial charge >= 0.3 is 6.18 Å². The van der Waals surface area contributed by atoms with Gasteiger partial charge in [0.25, 0.3) is 5.91 Å². The summed E-state index contributed by atoms with van der Waals surface area (Å²) in [5.74, 6) is 1.02. The first-order valence-corrected chi connectivity index (χ1v) is 12.2. The fourth-order valence-corrected chi connectivity index (χ4v) is 4.86. The van der Waals surface area contributed by atoms with Crippen LogP contribution in [0.25, 0.3) is 0 Å². The van der Waals surface area contributed by atoms with E-state index in [4.69, 9.17) is 4.99 Å². The Morgan fingerprint density at radius 2 is 1.57 bits per heavy atom. The van der Waals surface area contributed by atoms with E-state index in [1.54, 1.807) is 12.1 Å². The second-order valence-corrected chi connectivity index (χ2v) is 9.75. The lowest BCUT2D eigenvalue weighted by molar-refractivity contribution is -0.137. The number of amides is 1. The predicted octanol–water partition coefficient (Wildman–Crippen LogP) is 5.03. The summed E-state index contributed by atoms with van der Waals surface area (Å²) in [6.07, 6.45) is -3.48. The maximum atomic E-state index is 13.4. The number of nitrogens with zero attached hydrogens (tertiary/aromatic N) is 4. The van der Waals surface area contributed by atoms with Crippen molar-refractivity contribution >= 4 is 17.4 Å². The average molecular weight is 487 g/mol. The van der Waals surface area contributed by atoms with Crippen molar-refractivity contribution in [2.45, 2.75) is 38.9 Å². The summed E-state index contributed by atoms with van der Waals surface area (Å²) >= 11 is 0. The van der Waals surface area contributed by atoms with E-state index in [9.17, 15) is 18.0 Å². The zero-order chi connectivity index (χ0) is 25.2. The molecule has 1 saturated heterocycles. The number of amidine groups is 1. The quantitative estimate of drug-likeness (QED) is 0.551. The Morgan fingerprint density at radius 3 is 2.14 bits per heavy atom. The fraction of sp³-hybridized carbons (Fsp3) is 0.481. The molecule has 2 aromatic rings. The van der Waals surface area contributed by atoms with Gasteiger partial charge in [0, 0.05) is 44.3 Å². The van der Waals surface area contributed by atoms with E-state index in [0.29, 0.717) is 6.54 Å². The molecule has 1 atom stereocenters. The SMILES string of the molecule is CC(C)C1=NC(C)(c2ccccc2)C(=O)N1CCCN1CCN(c2ccc(C(F)(F)F)cc2)CC1. The molecule has 5 nitrogen and oxygen atoms in total. The maximum Gasteiger partial charge on any atom is 0.416 e. The van der Waals surface area contributed by atoms with Crippen LogP contribution in [-0.4, -0.2) is 60.8 Å².